The van der Waals surface area contributed by atoms with Crippen LogP contribution < -0.4 is 5.84 Å². The number of hydrogen-bond acceptors (Lipinski definition) is 3. The Labute approximate surface area is 81.5 Å². The van der Waals surface area contributed by atoms with Crippen molar-refractivity contribution in [3.8, 4) is 0 Å². The lowest BCUT2D eigenvalue weighted by Gasteiger charge is -1.98. The Kier molecular flexibility index (Phi) is 2.36. The third-order valence-electron chi connectivity index (χ3n) is 2.00. The van der Waals surface area contributed by atoms with Gasteiger partial charge in [-0.1, -0.05) is 17.4 Å². The number of nitrogens with two attached hydrogens (primary N) is 1. The summed E-state index contributed by atoms with van der Waals surface area (Å²) in [6.07, 6.45) is 1.78. The minimum Gasteiger partial charge on any atom is -0.305 e. The van der Waals surface area contributed by atoms with E-state index in [2.05, 4.69) is 15.3 Å². The van der Waals surface area contributed by atoms with Crippen molar-refractivity contribution in [2.75, 3.05) is 0 Å². The first kappa shape index (κ1) is 8.62. The number of pyridine rings is 1. The van der Waals surface area contributed by atoms with Gasteiger partial charge in [-0.2, -0.15) is 5.11 Å². The topological polar surface area (TPSA) is 63.6 Å². The van der Waals surface area contributed by atoms with Gasteiger partial charge in [0.05, 0.1) is 12.1 Å². The summed E-state index contributed by atoms with van der Waals surface area (Å²) in [7, 11) is 0. The summed E-state index contributed by atoms with van der Waals surface area (Å²) in [5.41, 5.74) is 2.07. The Bertz CT molecular complexity index is 464. The molecule has 0 saturated carbocycles. The standard InChI is InChI=1S/C10H10N4/c11-14-13-7-8-3-4-10-9(6-8)2-1-5-12-10/h1-6H,7H2,(H2,11,13). The van der Waals surface area contributed by atoms with Crippen molar-refractivity contribution in [2.45, 2.75) is 6.54 Å². The van der Waals surface area contributed by atoms with Gasteiger partial charge in [-0.05, 0) is 23.8 Å². The average molecular weight is 186 g/mol. The first-order chi connectivity index (χ1) is 6.90. The van der Waals surface area contributed by atoms with Gasteiger partial charge in [-0.15, -0.1) is 0 Å². The molecule has 1 heterocycles. The van der Waals surface area contributed by atoms with E-state index >= 15 is 0 Å². The van der Waals surface area contributed by atoms with Crippen LogP contribution >= 0.6 is 0 Å². The molecule has 0 fully saturated rings. The van der Waals surface area contributed by atoms with E-state index in [0.29, 0.717) is 6.54 Å². The lowest BCUT2D eigenvalue weighted by Crippen LogP contribution is -1.84. The van der Waals surface area contributed by atoms with E-state index in [1.807, 2.05) is 30.3 Å². The molecule has 1 aromatic heterocycles. The number of nitrogens with zero attached hydrogens (tertiary/aromatic N) is 3. The molecule has 0 saturated heterocycles. The second-order valence-corrected chi connectivity index (χ2v) is 2.95. The second-order valence-electron chi connectivity index (χ2n) is 2.95. The zero-order chi connectivity index (χ0) is 9.80. The van der Waals surface area contributed by atoms with Gasteiger partial charge in [0.1, 0.15) is 0 Å². The van der Waals surface area contributed by atoms with Crippen LogP contribution in [0.4, 0.5) is 0 Å². The third-order valence-corrected chi connectivity index (χ3v) is 2.00. The largest absolute Gasteiger partial charge is 0.305 e. The van der Waals surface area contributed by atoms with Crippen molar-refractivity contribution in [2.24, 2.45) is 16.2 Å². The molecule has 0 aliphatic rings. The van der Waals surface area contributed by atoms with Gasteiger partial charge in [0, 0.05) is 11.6 Å². The van der Waals surface area contributed by atoms with E-state index in [0.717, 1.165) is 16.5 Å². The molecule has 4 heteroatoms. The predicted molar refractivity (Wildman–Crippen MR) is 54.5 cm³/mol. The fourth-order valence-corrected chi connectivity index (χ4v) is 1.35. The highest BCUT2D eigenvalue weighted by molar-refractivity contribution is 5.78. The first-order valence-corrected chi connectivity index (χ1v) is 4.30. The molecule has 2 aromatic rings. The zero-order valence-corrected chi connectivity index (χ0v) is 7.59. The highest BCUT2D eigenvalue weighted by atomic mass is 15.3. The molecule has 2 rings (SSSR count). The summed E-state index contributed by atoms with van der Waals surface area (Å²) >= 11 is 0. The van der Waals surface area contributed by atoms with Gasteiger partial charge < -0.3 is 5.84 Å². The van der Waals surface area contributed by atoms with Gasteiger partial charge >= 0.3 is 0 Å². The highest BCUT2D eigenvalue weighted by Gasteiger charge is 1.95. The van der Waals surface area contributed by atoms with Crippen LogP contribution in [-0.4, -0.2) is 4.98 Å². The van der Waals surface area contributed by atoms with Crippen molar-refractivity contribution >= 4 is 10.9 Å². The molecular formula is C10H10N4. The number of fused-ring (bicyclic) bond motifs is 1. The maximum Gasteiger partial charge on any atom is 0.0870 e. The molecule has 4 nitrogen and oxygen atoms in total. The summed E-state index contributed by atoms with van der Waals surface area (Å²) in [4.78, 5) is 4.22. The van der Waals surface area contributed by atoms with Crippen LogP contribution in [0.25, 0.3) is 10.9 Å². The Balaban J connectivity index is 2.41. The average Bonchev–Trinajstić information content (AvgIpc) is 2.26. The zero-order valence-electron chi connectivity index (χ0n) is 7.59. The second kappa shape index (κ2) is 3.83. The smallest absolute Gasteiger partial charge is 0.0870 e. The SMILES string of the molecule is NN=NCc1ccc2ncccc2c1. The van der Waals surface area contributed by atoms with Crippen LogP contribution in [0.5, 0.6) is 0 Å². The molecule has 0 spiro atoms. The van der Waals surface area contributed by atoms with Crippen LogP contribution in [-0.2, 0) is 6.54 Å². The molecule has 1 aromatic carbocycles. The minimum absolute atomic E-state index is 0.515. The normalized spacial score (nSPS) is 11.1. The number of benzene rings is 1. The van der Waals surface area contributed by atoms with E-state index < -0.39 is 0 Å². The fourth-order valence-electron chi connectivity index (χ4n) is 1.35. The molecule has 0 atom stereocenters. The Morgan fingerprint density at radius 3 is 3.07 bits per heavy atom. The van der Waals surface area contributed by atoms with Crippen molar-refractivity contribution in [1.29, 1.82) is 0 Å². The van der Waals surface area contributed by atoms with Crippen LogP contribution in [0.1, 0.15) is 5.56 Å². The van der Waals surface area contributed by atoms with E-state index in [1.165, 1.54) is 0 Å². The van der Waals surface area contributed by atoms with E-state index in [4.69, 9.17) is 5.84 Å². The van der Waals surface area contributed by atoms with Gasteiger partial charge in [0.15, 0.2) is 0 Å². The van der Waals surface area contributed by atoms with Crippen molar-refractivity contribution < 1.29 is 0 Å². The molecule has 14 heavy (non-hydrogen) atoms. The molecule has 0 aliphatic carbocycles. The van der Waals surface area contributed by atoms with Gasteiger partial charge in [-0.25, -0.2) is 0 Å². The van der Waals surface area contributed by atoms with Gasteiger partial charge in [0.25, 0.3) is 0 Å². The Morgan fingerprint density at radius 1 is 1.29 bits per heavy atom. The molecule has 0 unspecified atom stereocenters. The quantitative estimate of drug-likeness (QED) is 0.443. The minimum atomic E-state index is 0.515. The van der Waals surface area contributed by atoms with Crippen molar-refractivity contribution in [3.05, 3.63) is 42.1 Å². The Morgan fingerprint density at radius 2 is 2.21 bits per heavy atom. The summed E-state index contributed by atoms with van der Waals surface area (Å²) in [5.74, 6) is 4.93. The molecule has 2 N–H and O–H groups in total. The number of rotatable bonds is 2. The third kappa shape index (κ3) is 1.69. The molecule has 0 bridgehead atoms. The number of hydrogen-bond donors (Lipinski definition) is 1. The monoisotopic (exact) mass is 186 g/mol. The Hall–Kier alpha value is -1.97. The molecule has 0 aliphatic heterocycles. The molecule has 70 valence electrons. The van der Waals surface area contributed by atoms with Crippen molar-refractivity contribution in [1.82, 2.24) is 4.98 Å². The summed E-state index contributed by atoms with van der Waals surface area (Å²) in [6.45, 7) is 0.515. The van der Waals surface area contributed by atoms with E-state index in [-0.39, 0.29) is 0 Å². The number of aromatic nitrogens is 1. The lowest BCUT2D eigenvalue weighted by atomic mass is 10.1. The predicted octanol–water partition coefficient (Wildman–Crippen LogP) is 2.06. The molecule has 0 radical (unpaired) electrons. The molecular weight excluding hydrogens is 176 g/mol. The molecule has 0 amide bonds. The lowest BCUT2D eigenvalue weighted by molar-refractivity contribution is 0.894. The summed E-state index contributed by atoms with van der Waals surface area (Å²) in [5, 5.41) is 8.06. The van der Waals surface area contributed by atoms with E-state index in [1.54, 1.807) is 6.20 Å². The fraction of sp³-hybridized carbons (Fsp3) is 0.100. The summed E-state index contributed by atoms with van der Waals surface area (Å²) < 4.78 is 0. The van der Waals surface area contributed by atoms with Crippen molar-refractivity contribution in [3.63, 3.8) is 0 Å². The first-order valence-electron chi connectivity index (χ1n) is 4.30. The van der Waals surface area contributed by atoms with Crippen LogP contribution in [0.3, 0.4) is 0 Å². The maximum atomic E-state index is 4.93. The van der Waals surface area contributed by atoms with Crippen LogP contribution in [0, 0.1) is 0 Å². The van der Waals surface area contributed by atoms with Gasteiger partial charge in [-0.3, -0.25) is 4.98 Å². The van der Waals surface area contributed by atoms with Gasteiger partial charge in [0.2, 0.25) is 0 Å². The van der Waals surface area contributed by atoms with E-state index in [9.17, 15) is 0 Å². The van der Waals surface area contributed by atoms with Crippen LogP contribution in [0.2, 0.25) is 0 Å². The maximum absolute atomic E-state index is 4.93. The highest BCUT2D eigenvalue weighted by Crippen LogP contribution is 2.13. The van der Waals surface area contributed by atoms with Crippen LogP contribution in [0.15, 0.2) is 46.9 Å². The summed E-state index contributed by atoms with van der Waals surface area (Å²) in [6, 6.07) is 9.92.